The molecule has 7 nitrogen and oxygen atoms in total. The fraction of sp³-hybridized carbons (Fsp3) is 0.0455. The average molecular weight is 417 g/mol. The minimum Gasteiger partial charge on any atom is -0.454 e. The van der Waals surface area contributed by atoms with Gasteiger partial charge in [0.2, 0.25) is 6.79 Å². The number of nitrogens with zero attached hydrogens (tertiary/aromatic N) is 1. The van der Waals surface area contributed by atoms with Gasteiger partial charge in [0.05, 0.1) is 11.1 Å². The molecule has 4 rings (SSSR count). The molecule has 0 radical (unpaired) electrons. The van der Waals surface area contributed by atoms with Crippen LogP contribution >= 0.6 is 11.8 Å². The molecule has 2 amide bonds. The van der Waals surface area contributed by atoms with Crippen molar-refractivity contribution in [3.05, 3.63) is 83.4 Å². The molecule has 0 aliphatic carbocycles. The van der Waals surface area contributed by atoms with Crippen molar-refractivity contribution >= 4 is 23.6 Å². The maximum atomic E-state index is 12.7. The van der Waals surface area contributed by atoms with Crippen LogP contribution in [-0.2, 0) is 0 Å². The number of hydrazine groups is 1. The molecule has 3 aromatic carbocycles. The summed E-state index contributed by atoms with van der Waals surface area (Å²) < 4.78 is 10.5. The van der Waals surface area contributed by atoms with Crippen molar-refractivity contribution < 1.29 is 19.1 Å². The fourth-order valence-electron chi connectivity index (χ4n) is 2.80. The summed E-state index contributed by atoms with van der Waals surface area (Å²) in [5, 5.41) is 9.28. The minimum atomic E-state index is -0.485. The largest absolute Gasteiger partial charge is 0.454 e. The van der Waals surface area contributed by atoms with Gasteiger partial charge in [0, 0.05) is 15.4 Å². The molecule has 8 heteroatoms. The van der Waals surface area contributed by atoms with E-state index in [0.717, 1.165) is 4.90 Å². The Morgan fingerprint density at radius 3 is 2.40 bits per heavy atom. The van der Waals surface area contributed by atoms with Crippen LogP contribution in [0.1, 0.15) is 26.3 Å². The fourth-order valence-corrected chi connectivity index (χ4v) is 3.82. The second kappa shape index (κ2) is 8.59. The molecule has 0 bridgehead atoms. The van der Waals surface area contributed by atoms with Gasteiger partial charge < -0.3 is 9.47 Å². The van der Waals surface area contributed by atoms with Gasteiger partial charge in [-0.25, -0.2) is 0 Å². The van der Waals surface area contributed by atoms with Crippen LogP contribution in [0, 0.1) is 11.3 Å². The minimum absolute atomic E-state index is 0.112. The van der Waals surface area contributed by atoms with Crippen molar-refractivity contribution in [3.8, 4) is 17.6 Å². The molecule has 30 heavy (non-hydrogen) atoms. The Kier molecular flexibility index (Phi) is 5.54. The normalized spacial score (nSPS) is 11.4. The Morgan fingerprint density at radius 2 is 1.57 bits per heavy atom. The molecule has 0 fully saturated rings. The summed E-state index contributed by atoms with van der Waals surface area (Å²) in [6, 6.07) is 21.0. The van der Waals surface area contributed by atoms with Gasteiger partial charge in [-0.15, -0.1) is 0 Å². The van der Waals surface area contributed by atoms with E-state index in [1.54, 1.807) is 54.6 Å². The number of fused-ring (bicyclic) bond motifs is 1. The van der Waals surface area contributed by atoms with Crippen molar-refractivity contribution in [3.63, 3.8) is 0 Å². The zero-order valence-corrected chi connectivity index (χ0v) is 16.4. The highest BCUT2D eigenvalue weighted by Crippen LogP contribution is 2.33. The molecule has 1 aliphatic heterocycles. The van der Waals surface area contributed by atoms with E-state index in [1.807, 2.05) is 12.1 Å². The number of hydrogen-bond acceptors (Lipinski definition) is 6. The molecular weight excluding hydrogens is 402 g/mol. The van der Waals surface area contributed by atoms with Crippen LogP contribution in [0.4, 0.5) is 0 Å². The molecule has 148 valence electrons. The van der Waals surface area contributed by atoms with Crippen molar-refractivity contribution in [1.82, 2.24) is 10.9 Å². The summed E-state index contributed by atoms with van der Waals surface area (Å²) in [5.74, 6) is 0.0920. The summed E-state index contributed by atoms with van der Waals surface area (Å²) in [7, 11) is 0. The molecule has 1 aliphatic rings. The lowest BCUT2D eigenvalue weighted by atomic mass is 10.2. The van der Waals surface area contributed by atoms with Crippen LogP contribution in [-0.4, -0.2) is 18.6 Å². The standard InChI is InChI=1S/C22H15N3O4S/c23-12-15-5-1-3-7-19(15)30-20-8-4-2-6-16(20)22(27)25-24-21(26)14-9-10-17-18(11-14)29-13-28-17/h1-11H,13H2,(H,24,26)(H,25,27). The van der Waals surface area contributed by atoms with Crippen LogP contribution in [0.2, 0.25) is 0 Å². The molecule has 0 spiro atoms. The van der Waals surface area contributed by atoms with Gasteiger partial charge in [-0.3, -0.25) is 20.4 Å². The Labute approximate surface area is 176 Å². The number of nitrogens with one attached hydrogen (secondary N) is 2. The number of ether oxygens (including phenoxy) is 2. The van der Waals surface area contributed by atoms with Gasteiger partial charge in [0.25, 0.3) is 11.8 Å². The van der Waals surface area contributed by atoms with Gasteiger partial charge in [-0.05, 0) is 42.5 Å². The van der Waals surface area contributed by atoms with Gasteiger partial charge in [-0.1, -0.05) is 36.0 Å². The van der Waals surface area contributed by atoms with E-state index in [2.05, 4.69) is 16.9 Å². The Balaban J connectivity index is 1.46. The van der Waals surface area contributed by atoms with Crippen molar-refractivity contribution in [2.45, 2.75) is 9.79 Å². The Morgan fingerprint density at radius 1 is 0.867 bits per heavy atom. The summed E-state index contributed by atoms with van der Waals surface area (Å²) in [5.41, 5.74) is 6.06. The highest BCUT2D eigenvalue weighted by atomic mass is 32.2. The lowest BCUT2D eigenvalue weighted by Gasteiger charge is -2.11. The summed E-state index contributed by atoms with van der Waals surface area (Å²) in [6.45, 7) is 0.112. The van der Waals surface area contributed by atoms with Crippen LogP contribution in [0.3, 0.4) is 0 Å². The summed E-state index contributed by atoms with van der Waals surface area (Å²) in [6.07, 6.45) is 0. The lowest BCUT2D eigenvalue weighted by Crippen LogP contribution is -2.41. The third-order valence-electron chi connectivity index (χ3n) is 4.28. The first-order chi connectivity index (χ1) is 14.7. The number of nitriles is 1. The van der Waals surface area contributed by atoms with Crippen molar-refractivity contribution in [2.24, 2.45) is 0 Å². The first kappa shape index (κ1) is 19.4. The van der Waals surface area contributed by atoms with Gasteiger partial charge >= 0.3 is 0 Å². The van der Waals surface area contributed by atoms with Gasteiger partial charge in [0.1, 0.15) is 6.07 Å². The maximum absolute atomic E-state index is 12.7. The van der Waals surface area contributed by atoms with E-state index in [4.69, 9.17) is 9.47 Å². The highest BCUT2D eigenvalue weighted by molar-refractivity contribution is 7.99. The van der Waals surface area contributed by atoms with E-state index in [1.165, 1.54) is 11.8 Å². The molecule has 0 saturated heterocycles. The van der Waals surface area contributed by atoms with Crippen LogP contribution in [0.25, 0.3) is 0 Å². The molecule has 0 unspecified atom stereocenters. The first-order valence-electron chi connectivity index (χ1n) is 8.92. The predicted octanol–water partition coefficient (Wildman–Crippen LogP) is 3.51. The number of rotatable bonds is 4. The molecule has 3 aromatic rings. The molecule has 2 N–H and O–H groups in total. The van der Waals surface area contributed by atoms with E-state index >= 15 is 0 Å². The zero-order chi connectivity index (χ0) is 20.9. The number of amides is 2. The quantitative estimate of drug-likeness (QED) is 0.630. The number of carbonyl (C=O) groups excluding carboxylic acids is 2. The average Bonchev–Trinajstić information content (AvgIpc) is 3.26. The third-order valence-corrected chi connectivity index (χ3v) is 5.44. The van der Waals surface area contributed by atoms with Gasteiger partial charge in [0.15, 0.2) is 11.5 Å². The first-order valence-corrected chi connectivity index (χ1v) is 9.73. The Hall–Kier alpha value is -3.96. The number of carbonyl (C=O) groups is 2. The maximum Gasteiger partial charge on any atom is 0.270 e. The number of hydrogen-bond donors (Lipinski definition) is 2. The second-order valence-corrected chi connectivity index (χ2v) is 7.27. The SMILES string of the molecule is N#Cc1ccccc1Sc1ccccc1C(=O)NNC(=O)c1ccc2c(c1)OCO2. The summed E-state index contributed by atoms with van der Waals surface area (Å²) in [4.78, 5) is 26.5. The topological polar surface area (TPSA) is 100 Å². The molecular formula is C22H15N3O4S. The predicted molar refractivity (Wildman–Crippen MR) is 109 cm³/mol. The second-order valence-electron chi connectivity index (χ2n) is 6.18. The molecule has 0 aromatic heterocycles. The van der Waals surface area contributed by atoms with E-state index in [9.17, 15) is 14.9 Å². The van der Waals surface area contributed by atoms with Gasteiger partial charge in [-0.2, -0.15) is 5.26 Å². The molecule has 0 saturated carbocycles. The molecule has 0 atom stereocenters. The van der Waals surface area contributed by atoms with Crippen LogP contribution < -0.4 is 20.3 Å². The zero-order valence-electron chi connectivity index (χ0n) is 15.5. The van der Waals surface area contributed by atoms with Crippen molar-refractivity contribution in [1.29, 1.82) is 5.26 Å². The smallest absolute Gasteiger partial charge is 0.270 e. The lowest BCUT2D eigenvalue weighted by molar-refractivity contribution is 0.0845. The monoisotopic (exact) mass is 417 g/mol. The molecule has 1 heterocycles. The van der Waals surface area contributed by atoms with E-state index < -0.39 is 11.8 Å². The highest BCUT2D eigenvalue weighted by Gasteiger charge is 2.18. The van der Waals surface area contributed by atoms with Crippen molar-refractivity contribution in [2.75, 3.05) is 6.79 Å². The Bertz CT molecular complexity index is 1170. The summed E-state index contributed by atoms with van der Waals surface area (Å²) >= 11 is 1.31. The van der Waals surface area contributed by atoms with Crippen LogP contribution in [0.15, 0.2) is 76.5 Å². The van der Waals surface area contributed by atoms with E-state index in [0.29, 0.717) is 33.1 Å². The van der Waals surface area contributed by atoms with E-state index in [-0.39, 0.29) is 6.79 Å². The van der Waals surface area contributed by atoms with Crippen LogP contribution in [0.5, 0.6) is 11.5 Å². The number of benzene rings is 3. The third kappa shape index (κ3) is 4.06.